The molecule has 0 fully saturated rings. The van der Waals surface area contributed by atoms with Crippen LogP contribution in [-0.2, 0) is 10.9 Å². The number of rotatable bonds is 4. The van der Waals surface area contributed by atoms with Gasteiger partial charge in [0.2, 0.25) is 0 Å². The normalized spacial score (nSPS) is 11.9. The molecule has 0 aliphatic carbocycles. The van der Waals surface area contributed by atoms with Gasteiger partial charge < -0.3 is 20.5 Å². The van der Waals surface area contributed by atoms with Crippen LogP contribution < -0.4 is 15.8 Å². The molecule has 1 aromatic rings. The van der Waals surface area contributed by atoms with E-state index in [1.165, 1.54) is 0 Å². The number of amides is 1. The number of halogens is 3. The number of carbonyl (C=O) groups excluding carboxylic acids is 1. The summed E-state index contributed by atoms with van der Waals surface area (Å²) in [4.78, 5) is 11.4. The van der Waals surface area contributed by atoms with Gasteiger partial charge in [-0.15, -0.1) is 0 Å². The number of nitrogen functional groups attached to an aromatic ring is 1. The van der Waals surface area contributed by atoms with Crippen LogP contribution in [0.1, 0.15) is 26.3 Å². The van der Waals surface area contributed by atoms with Crippen LogP contribution in [0.4, 0.5) is 23.7 Å². The van der Waals surface area contributed by atoms with Crippen molar-refractivity contribution in [3.05, 3.63) is 23.8 Å². The first kappa shape index (κ1) is 17.9. The first-order valence-corrected chi connectivity index (χ1v) is 6.55. The van der Waals surface area contributed by atoms with Crippen molar-refractivity contribution in [1.82, 2.24) is 5.32 Å². The molecule has 0 spiro atoms. The first-order valence-electron chi connectivity index (χ1n) is 6.55. The monoisotopic (exact) mass is 320 g/mol. The van der Waals surface area contributed by atoms with E-state index in [1.807, 2.05) is 0 Å². The molecule has 0 bridgehead atoms. The van der Waals surface area contributed by atoms with Gasteiger partial charge >= 0.3 is 12.3 Å². The lowest BCUT2D eigenvalue weighted by molar-refractivity contribution is -0.137. The second-order valence-corrected chi connectivity index (χ2v) is 5.53. The number of anilines is 1. The maximum Gasteiger partial charge on any atom is 0.416 e. The molecule has 0 saturated carbocycles. The molecule has 0 atom stereocenters. The van der Waals surface area contributed by atoms with Crippen molar-refractivity contribution in [2.45, 2.75) is 32.5 Å². The lowest BCUT2D eigenvalue weighted by Gasteiger charge is -2.19. The van der Waals surface area contributed by atoms with Crippen molar-refractivity contribution in [2.75, 3.05) is 18.9 Å². The summed E-state index contributed by atoms with van der Waals surface area (Å²) in [7, 11) is 0. The largest absolute Gasteiger partial charge is 0.490 e. The molecule has 0 unspecified atom stereocenters. The van der Waals surface area contributed by atoms with Crippen LogP contribution in [0.15, 0.2) is 18.2 Å². The van der Waals surface area contributed by atoms with Gasteiger partial charge in [0.25, 0.3) is 0 Å². The van der Waals surface area contributed by atoms with E-state index in [0.717, 1.165) is 18.2 Å². The standard InChI is InChI=1S/C14H19F3N2O3/c1-13(2,3)22-12(20)19-6-7-21-11-8-9(14(15,16)17)4-5-10(11)18/h4-5,8H,6-7,18H2,1-3H3,(H,19,20). The van der Waals surface area contributed by atoms with E-state index in [4.69, 9.17) is 15.2 Å². The van der Waals surface area contributed by atoms with E-state index < -0.39 is 23.4 Å². The molecule has 0 radical (unpaired) electrons. The van der Waals surface area contributed by atoms with Gasteiger partial charge in [0, 0.05) is 0 Å². The zero-order valence-electron chi connectivity index (χ0n) is 12.6. The van der Waals surface area contributed by atoms with Gasteiger partial charge in [-0.05, 0) is 39.0 Å². The summed E-state index contributed by atoms with van der Waals surface area (Å²) in [6.45, 7) is 5.18. The lowest BCUT2D eigenvalue weighted by Crippen LogP contribution is -2.34. The Morgan fingerprint density at radius 2 is 1.91 bits per heavy atom. The summed E-state index contributed by atoms with van der Waals surface area (Å²) in [6, 6.07) is 2.82. The van der Waals surface area contributed by atoms with Crippen molar-refractivity contribution in [2.24, 2.45) is 0 Å². The second-order valence-electron chi connectivity index (χ2n) is 5.53. The van der Waals surface area contributed by atoms with Crippen molar-refractivity contribution >= 4 is 11.8 Å². The summed E-state index contributed by atoms with van der Waals surface area (Å²) < 4.78 is 47.9. The van der Waals surface area contributed by atoms with Crippen LogP contribution in [0.2, 0.25) is 0 Å². The number of hydrogen-bond acceptors (Lipinski definition) is 4. The van der Waals surface area contributed by atoms with E-state index >= 15 is 0 Å². The third-order valence-electron chi connectivity index (χ3n) is 2.37. The van der Waals surface area contributed by atoms with Crippen LogP contribution in [0.5, 0.6) is 5.75 Å². The molecule has 0 aliphatic rings. The maximum absolute atomic E-state index is 12.6. The minimum Gasteiger partial charge on any atom is -0.490 e. The number of carbonyl (C=O) groups is 1. The Morgan fingerprint density at radius 1 is 1.27 bits per heavy atom. The fraction of sp³-hybridized carbons (Fsp3) is 0.500. The topological polar surface area (TPSA) is 73.6 Å². The highest BCUT2D eigenvalue weighted by Gasteiger charge is 2.31. The Balaban J connectivity index is 2.50. The van der Waals surface area contributed by atoms with E-state index in [-0.39, 0.29) is 24.6 Å². The quantitative estimate of drug-likeness (QED) is 0.660. The number of nitrogens with one attached hydrogen (secondary N) is 1. The average Bonchev–Trinajstić information content (AvgIpc) is 2.33. The van der Waals surface area contributed by atoms with Crippen LogP contribution in [0.3, 0.4) is 0 Å². The van der Waals surface area contributed by atoms with Crippen LogP contribution in [0, 0.1) is 0 Å². The van der Waals surface area contributed by atoms with Crippen molar-refractivity contribution in [3.63, 3.8) is 0 Å². The molecule has 5 nitrogen and oxygen atoms in total. The Bertz CT molecular complexity index is 525. The number of ether oxygens (including phenoxy) is 2. The third kappa shape index (κ3) is 6.11. The van der Waals surface area contributed by atoms with E-state index in [9.17, 15) is 18.0 Å². The smallest absolute Gasteiger partial charge is 0.416 e. The highest BCUT2D eigenvalue weighted by Crippen LogP contribution is 2.33. The molecule has 1 rings (SSSR count). The van der Waals surface area contributed by atoms with E-state index in [1.54, 1.807) is 20.8 Å². The predicted molar refractivity (Wildman–Crippen MR) is 75.6 cm³/mol. The highest BCUT2D eigenvalue weighted by atomic mass is 19.4. The molecule has 0 heterocycles. The molecule has 3 N–H and O–H groups in total. The van der Waals surface area contributed by atoms with E-state index in [2.05, 4.69) is 5.32 Å². The SMILES string of the molecule is CC(C)(C)OC(=O)NCCOc1cc(C(F)(F)F)ccc1N. The van der Waals surface area contributed by atoms with Crippen LogP contribution in [0.25, 0.3) is 0 Å². The summed E-state index contributed by atoms with van der Waals surface area (Å²) >= 11 is 0. The third-order valence-corrected chi connectivity index (χ3v) is 2.37. The Kier molecular flexibility index (Phi) is 5.51. The van der Waals surface area contributed by atoms with Gasteiger partial charge in [-0.1, -0.05) is 0 Å². The molecule has 1 aromatic carbocycles. The number of benzene rings is 1. The van der Waals surface area contributed by atoms with Gasteiger partial charge in [-0.2, -0.15) is 13.2 Å². The Hall–Kier alpha value is -2.12. The predicted octanol–water partition coefficient (Wildman–Crippen LogP) is 3.19. The van der Waals surface area contributed by atoms with Gasteiger partial charge in [-0.25, -0.2) is 4.79 Å². The van der Waals surface area contributed by atoms with Gasteiger partial charge in [0.05, 0.1) is 17.8 Å². The first-order chi connectivity index (χ1) is 9.99. The van der Waals surface area contributed by atoms with Crippen molar-refractivity contribution in [3.8, 4) is 5.75 Å². The van der Waals surface area contributed by atoms with Crippen LogP contribution in [-0.4, -0.2) is 24.8 Å². The summed E-state index contributed by atoms with van der Waals surface area (Å²) in [6.07, 6.45) is -5.10. The fourth-order valence-electron chi connectivity index (χ4n) is 1.46. The molecule has 124 valence electrons. The number of alkyl carbamates (subject to hydrolysis) is 1. The minimum atomic E-state index is -4.47. The molecule has 1 amide bonds. The molecule has 0 aromatic heterocycles. The highest BCUT2D eigenvalue weighted by molar-refractivity contribution is 5.67. The minimum absolute atomic E-state index is 0.0370. The van der Waals surface area contributed by atoms with Gasteiger partial charge in [0.1, 0.15) is 18.0 Å². The lowest BCUT2D eigenvalue weighted by atomic mass is 10.2. The van der Waals surface area contributed by atoms with Gasteiger partial charge in [0.15, 0.2) is 0 Å². The molecule has 22 heavy (non-hydrogen) atoms. The number of alkyl halides is 3. The number of nitrogens with two attached hydrogens (primary N) is 1. The Morgan fingerprint density at radius 3 is 2.45 bits per heavy atom. The molecular formula is C14H19F3N2O3. The molecule has 0 aliphatic heterocycles. The van der Waals surface area contributed by atoms with Gasteiger partial charge in [-0.3, -0.25) is 0 Å². The number of hydrogen-bond donors (Lipinski definition) is 2. The Labute approximate surface area is 126 Å². The molecule has 0 saturated heterocycles. The summed E-state index contributed by atoms with van der Waals surface area (Å²) in [5, 5.41) is 2.42. The summed E-state index contributed by atoms with van der Waals surface area (Å²) in [5.41, 5.74) is 4.16. The molecular weight excluding hydrogens is 301 g/mol. The fourth-order valence-corrected chi connectivity index (χ4v) is 1.46. The maximum atomic E-state index is 12.6. The average molecular weight is 320 g/mol. The molecule has 8 heteroatoms. The van der Waals surface area contributed by atoms with Crippen LogP contribution >= 0.6 is 0 Å². The second kappa shape index (κ2) is 6.76. The summed E-state index contributed by atoms with van der Waals surface area (Å²) in [5.74, 6) is -0.0826. The van der Waals surface area contributed by atoms with Crippen molar-refractivity contribution in [1.29, 1.82) is 0 Å². The van der Waals surface area contributed by atoms with E-state index in [0.29, 0.717) is 0 Å². The zero-order chi connectivity index (χ0) is 17.0. The zero-order valence-corrected chi connectivity index (χ0v) is 12.6. The van der Waals surface area contributed by atoms with Crippen molar-refractivity contribution < 1.29 is 27.4 Å².